The summed E-state index contributed by atoms with van der Waals surface area (Å²) in [5.74, 6) is 1.33. The van der Waals surface area contributed by atoms with E-state index in [1.165, 1.54) is 33.4 Å². The molecule has 6 heteroatoms. The number of benzene rings is 9. The van der Waals surface area contributed by atoms with Gasteiger partial charge in [0.2, 0.25) is 0 Å². The second-order valence-electron chi connectivity index (χ2n) is 20.2. The van der Waals surface area contributed by atoms with Crippen LogP contribution in [0.25, 0.3) is 61.2 Å². The van der Waals surface area contributed by atoms with E-state index in [1.54, 1.807) is 51.2 Å². The van der Waals surface area contributed by atoms with Crippen molar-refractivity contribution in [3.63, 3.8) is 0 Å². The van der Waals surface area contributed by atoms with Gasteiger partial charge in [0.25, 0.3) is 6.33 Å². The average molecular weight is 1010 g/mol. The second kappa shape index (κ2) is 18.7. The molecule has 0 spiro atoms. The summed E-state index contributed by atoms with van der Waals surface area (Å²) in [5, 5.41) is -1.21. The van der Waals surface area contributed by atoms with Gasteiger partial charge in [-0.2, -0.15) is 0 Å². The fraction of sp³-hybridized carbons (Fsp3) is 0.130. The van der Waals surface area contributed by atoms with E-state index in [4.69, 9.17) is 24.8 Å². The number of aromatic nitrogens is 4. The van der Waals surface area contributed by atoms with Gasteiger partial charge in [0.05, 0.1) is 60.9 Å². The molecule has 0 N–H and O–H groups in total. The number of fused-ring (bicyclic) bond motifs is 4. The standard InChI is InChI=1S/C69H60N4OSi/c1-48-41-60(69(5,6)7)67(65(42-48)75(55-27-14-9-15-28-55,56-29-16-10-17-30-56)57-31-18-11-19-32-57)72-47-71(64-43-50(35-38-62(64)72)49-23-12-8-13-24-49)52-25-22-26-53(45-52)74-54-36-37-59-58-33-20-21-34-61(58)73(63(59)46-54)66-44-51(39-40-70-66)68(2,3)4/h8-46H,1-7H3/i1D3,8D,9D,10D,11D,12D,13D,14D,15D,16D,17D,18D,19D,23D,24D,27D,28D,29D,30D,31D,32D. The summed E-state index contributed by atoms with van der Waals surface area (Å²) in [6, 6.07) is 12.5. The maximum absolute atomic E-state index is 9.96. The van der Waals surface area contributed by atoms with Crippen molar-refractivity contribution >= 4 is 61.7 Å². The van der Waals surface area contributed by atoms with Crippen LogP contribution in [-0.4, -0.2) is 22.2 Å². The van der Waals surface area contributed by atoms with Gasteiger partial charge in [0.15, 0.2) is 8.07 Å². The van der Waals surface area contributed by atoms with Crippen LogP contribution < -0.4 is 30.1 Å². The number of imidazole rings is 1. The van der Waals surface area contributed by atoms with Crippen molar-refractivity contribution in [3.8, 4) is 39.8 Å². The van der Waals surface area contributed by atoms with Gasteiger partial charge < -0.3 is 4.74 Å². The van der Waals surface area contributed by atoms with Crippen LogP contribution >= 0.6 is 0 Å². The Morgan fingerprint density at radius 2 is 1.20 bits per heavy atom. The Labute approximate surface area is 474 Å². The molecule has 12 rings (SSSR count). The summed E-state index contributed by atoms with van der Waals surface area (Å²) in [5.41, 5.74) is 0.908. The largest absolute Gasteiger partial charge is 0.458 e. The van der Waals surface area contributed by atoms with E-state index < -0.39 is 167 Å². The van der Waals surface area contributed by atoms with Crippen LogP contribution in [0.3, 0.4) is 0 Å². The first-order valence-electron chi connectivity index (χ1n) is 35.6. The third-order valence-electron chi connectivity index (χ3n) is 13.4. The van der Waals surface area contributed by atoms with Crippen molar-refractivity contribution in [2.75, 3.05) is 0 Å². The minimum Gasteiger partial charge on any atom is -0.458 e. The number of ether oxygens (including phenoxy) is 1. The quantitative estimate of drug-likeness (QED) is 0.0592. The minimum atomic E-state index is -6.18. The number of pyridine rings is 1. The van der Waals surface area contributed by atoms with Crippen molar-refractivity contribution < 1.29 is 40.8 Å². The second-order valence-corrected chi connectivity index (χ2v) is 23.7. The molecule has 0 fully saturated rings. The Kier molecular flexibility index (Phi) is 7.04. The molecule has 0 amide bonds. The highest BCUT2D eigenvalue weighted by Crippen LogP contribution is 2.37. The van der Waals surface area contributed by atoms with Gasteiger partial charge in [-0.1, -0.05) is 216 Å². The van der Waals surface area contributed by atoms with E-state index in [1.807, 2.05) is 48.5 Å². The predicted molar refractivity (Wildman–Crippen MR) is 313 cm³/mol. The highest BCUT2D eigenvalue weighted by Gasteiger charge is 2.44. The molecule has 0 aliphatic rings. The van der Waals surface area contributed by atoms with E-state index >= 15 is 0 Å². The summed E-state index contributed by atoms with van der Waals surface area (Å²) in [6.07, 6.45) is 5.19. The van der Waals surface area contributed by atoms with Crippen molar-refractivity contribution in [2.24, 2.45) is 0 Å². The molecule has 0 radical (unpaired) electrons. The van der Waals surface area contributed by atoms with E-state index in [9.17, 15) is 16.4 Å². The van der Waals surface area contributed by atoms with E-state index in [-0.39, 0.29) is 50.3 Å². The lowest BCUT2D eigenvalue weighted by Gasteiger charge is -2.38. The lowest BCUT2D eigenvalue weighted by atomic mass is 9.84. The first-order chi connectivity index (χ1) is 45.8. The van der Waals surface area contributed by atoms with Gasteiger partial charge >= 0.3 is 0 Å². The maximum Gasteiger partial charge on any atom is 0.269 e. The fourth-order valence-corrected chi connectivity index (χ4v) is 14.0. The van der Waals surface area contributed by atoms with Gasteiger partial charge in [-0.05, 0) is 115 Å². The van der Waals surface area contributed by atoms with E-state index in [2.05, 4.69) is 37.7 Å². The summed E-state index contributed by atoms with van der Waals surface area (Å²) < 4.78 is 225. The summed E-state index contributed by atoms with van der Waals surface area (Å²) >= 11 is 0. The zero-order valence-electron chi connectivity index (χ0n) is 64.7. The zero-order valence-corrected chi connectivity index (χ0v) is 42.7. The molecule has 3 aromatic heterocycles. The number of nitrogens with zero attached hydrogens (tertiary/aromatic N) is 4. The SMILES string of the molecule is [2H]c1c([2H])c([2H])c(-c2ccc3c(c2)n(-c2cccc(Oc4ccc5c6ccccc6n(-c6cc(C(C)(C)C)ccn6)c5c4)c2)[c-][n+]3-c2c(C(C)(C)C)cc(C([2H])([2H])[2H])cc2[Si](c2c([2H])c([2H])c([2H])c([2H])c2[2H])(c2c([2H])c([2H])c([2H])c([2H])c2[2H])c2c([2H])c([2H])c([2H])c([2H])c2[2H])c([2H])c1[2H]. The van der Waals surface area contributed by atoms with Crippen LogP contribution in [0.15, 0.2) is 236 Å². The normalized spacial score (nSPS) is 16.7. The minimum absolute atomic E-state index is 0.0466. The van der Waals surface area contributed by atoms with E-state index in [0.29, 0.717) is 11.6 Å². The monoisotopic (exact) mass is 1010 g/mol. The van der Waals surface area contributed by atoms with Crippen LogP contribution in [0, 0.1) is 13.2 Å². The number of aryl methyl sites for hydroxylation is 1. The van der Waals surface area contributed by atoms with Crippen molar-refractivity contribution in [3.05, 3.63) is 259 Å². The van der Waals surface area contributed by atoms with Crippen LogP contribution in [-0.2, 0) is 10.8 Å². The summed E-state index contributed by atoms with van der Waals surface area (Å²) in [6.45, 7) is 8.28. The number of rotatable bonds is 10. The number of para-hydroxylation sites is 1. The Morgan fingerprint density at radius 1 is 0.560 bits per heavy atom. The third-order valence-corrected chi connectivity index (χ3v) is 17.6. The van der Waals surface area contributed by atoms with Gasteiger partial charge in [-0.15, -0.1) is 0 Å². The first kappa shape index (κ1) is 28.2. The molecule has 366 valence electrons. The molecule has 0 saturated heterocycles. The average Bonchev–Trinajstić information content (AvgIpc) is 1.41. The molecule has 0 atom stereocenters. The highest BCUT2D eigenvalue weighted by molar-refractivity contribution is 7.20. The molecule has 0 unspecified atom stereocenters. The molecular formula is C69H60N4OSi. The molecule has 9 aromatic carbocycles. The summed E-state index contributed by atoms with van der Waals surface area (Å²) in [4.78, 5) is 4.83. The Hall–Kier alpha value is -8.58. The zero-order chi connectivity index (χ0) is 71.4. The molecule has 12 aromatic rings. The predicted octanol–water partition coefficient (Wildman–Crippen LogP) is 13.9. The molecule has 0 aliphatic carbocycles. The Balaban J connectivity index is 1.25. The molecule has 3 heterocycles. The lowest BCUT2D eigenvalue weighted by Crippen LogP contribution is -2.76. The van der Waals surface area contributed by atoms with Crippen LogP contribution in [0.2, 0.25) is 0 Å². The Bertz CT molecular complexity index is 5130. The molecule has 0 aliphatic heterocycles. The van der Waals surface area contributed by atoms with Gasteiger partial charge in [-0.25, -0.2) is 4.98 Å². The van der Waals surface area contributed by atoms with Gasteiger partial charge in [-0.3, -0.25) is 13.7 Å². The first-order valence-corrected chi connectivity index (χ1v) is 26.1. The van der Waals surface area contributed by atoms with Crippen LogP contribution in [0.1, 0.15) is 89.8 Å². The number of hydrogen-bond acceptors (Lipinski definition) is 2. The maximum atomic E-state index is 9.96. The Morgan fingerprint density at radius 3 is 1.85 bits per heavy atom. The van der Waals surface area contributed by atoms with Gasteiger partial charge in [0.1, 0.15) is 17.3 Å². The fourth-order valence-electron chi connectivity index (χ4n) is 9.93. The molecule has 0 bridgehead atoms. The smallest absolute Gasteiger partial charge is 0.269 e. The molecule has 0 saturated carbocycles. The molecule has 75 heavy (non-hydrogen) atoms. The summed E-state index contributed by atoms with van der Waals surface area (Å²) in [7, 11) is -6.18. The molecular weight excluding hydrogens is 929 g/mol. The topological polar surface area (TPSA) is 35.9 Å². The molecule has 5 nitrogen and oxygen atoms in total. The number of hydrogen-bond donors (Lipinski definition) is 0. The van der Waals surface area contributed by atoms with Gasteiger partial charge in [0, 0.05) is 27.1 Å². The third kappa shape index (κ3) is 8.45. The van der Waals surface area contributed by atoms with Crippen molar-refractivity contribution in [1.29, 1.82) is 0 Å². The highest BCUT2D eigenvalue weighted by atomic mass is 28.3. The van der Waals surface area contributed by atoms with E-state index in [0.717, 1.165) is 33.4 Å². The van der Waals surface area contributed by atoms with Crippen molar-refractivity contribution in [2.45, 2.75) is 59.2 Å². The van der Waals surface area contributed by atoms with Crippen LogP contribution in [0.4, 0.5) is 0 Å². The lowest BCUT2D eigenvalue weighted by molar-refractivity contribution is -0.572. The van der Waals surface area contributed by atoms with Crippen molar-refractivity contribution in [1.82, 2.24) is 14.1 Å². The van der Waals surface area contributed by atoms with Crippen LogP contribution in [0.5, 0.6) is 11.5 Å².